The van der Waals surface area contributed by atoms with E-state index in [1.165, 1.54) is 24.3 Å². The van der Waals surface area contributed by atoms with E-state index in [-0.39, 0.29) is 13.2 Å². The van der Waals surface area contributed by atoms with Gasteiger partial charge in [0.1, 0.15) is 0 Å². The summed E-state index contributed by atoms with van der Waals surface area (Å²) in [7, 11) is 0. The van der Waals surface area contributed by atoms with Gasteiger partial charge in [-0.3, -0.25) is 0 Å². The molecule has 0 saturated heterocycles. The average Bonchev–Trinajstić information content (AvgIpc) is 2.33. The van der Waals surface area contributed by atoms with E-state index >= 15 is 0 Å². The quantitative estimate of drug-likeness (QED) is 0.456. The summed E-state index contributed by atoms with van der Waals surface area (Å²) in [6.07, 6.45) is 5.86. The van der Waals surface area contributed by atoms with Gasteiger partial charge >= 0.3 is 23.7 Å². The van der Waals surface area contributed by atoms with Crippen LogP contribution in [0.25, 0.3) is 0 Å². The SMILES string of the molecule is C=CCO.C=CCO.C=C[CH2-].C=C[CH2-].[O]=[Ti+2]. The third kappa shape index (κ3) is 1500. The number of hydrogen-bond donors (Lipinski definition) is 2. The van der Waals surface area contributed by atoms with Crippen molar-refractivity contribution in [1.82, 2.24) is 0 Å². The Labute approximate surface area is 112 Å². The van der Waals surface area contributed by atoms with Crippen molar-refractivity contribution in [2.45, 2.75) is 0 Å². The molecule has 4 heteroatoms. The first-order valence-electron chi connectivity index (χ1n) is 4.10. The fourth-order valence-corrected chi connectivity index (χ4v) is 0. The van der Waals surface area contributed by atoms with E-state index in [1.807, 2.05) is 0 Å². The van der Waals surface area contributed by atoms with Crippen LogP contribution in [-0.4, -0.2) is 23.4 Å². The summed E-state index contributed by atoms with van der Waals surface area (Å²) in [4.78, 5) is 0. The van der Waals surface area contributed by atoms with Crippen molar-refractivity contribution in [3.8, 4) is 0 Å². The van der Waals surface area contributed by atoms with E-state index < -0.39 is 0 Å². The molecule has 0 amide bonds. The fourth-order valence-electron chi connectivity index (χ4n) is 0. The first kappa shape index (κ1) is 29.4. The van der Waals surface area contributed by atoms with Crippen LogP contribution in [0.4, 0.5) is 0 Å². The number of aliphatic hydroxyl groups is 2. The van der Waals surface area contributed by atoms with Crippen molar-refractivity contribution in [3.63, 3.8) is 0 Å². The monoisotopic (exact) mass is 262 g/mol. The Bertz CT molecular complexity index is 111. The predicted octanol–water partition coefficient (Wildman–Crippen LogP) is 2.22. The van der Waals surface area contributed by atoms with Gasteiger partial charge in [0, 0.05) is 0 Å². The van der Waals surface area contributed by atoms with Crippen LogP contribution in [0, 0.1) is 13.8 Å². The Morgan fingerprint density at radius 3 is 0.938 bits per heavy atom. The molecule has 0 aromatic carbocycles. The summed E-state index contributed by atoms with van der Waals surface area (Å²) in [5, 5.41) is 15.5. The van der Waals surface area contributed by atoms with Gasteiger partial charge in [0.25, 0.3) is 0 Å². The zero-order chi connectivity index (χ0) is 14.2. The average molecular weight is 262 g/mol. The number of hydrogen-bond acceptors (Lipinski definition) is 3. The van der Waals surface area contributed by atoms with Gasteiger partial charge in [0.05, 0.1) is 13.2 Å². The van der Waals surface area contributed by atoms with E-state index in [9.17, 15) is 0 Å². The molecule has 2 N–H and O–H groups in total. The Kier molecular flexibility index (Phi) is 170. The molecule has 0 bridgehead atoms. The Morgan fingerprint density at radius 2 is 0.938 bits per heavy atom. The number of rotatable bonds is 2. The Hall–Kier alpha value is -0.866. The molecule has 92 valence electrons. The molecule has 0 saturated carbocycles. The fraction of sp³-hybridized carbons (Fsp3) is 0.167. The molecule has 0 rings (SSSR count). The molecule has 0 aromatic rings. The third-order valence-electron chi connectivity index (χ3n) is 0.258. The van der Waals surface area contributed by atoms with Crippen molar-refractivity contribution in [2.75, 3.05) is 13.2 Å². The van der Waals surface area contributed by atoms with Crippen LogP contribution in [-0.2, 0) is 23.7 Å². The second kappa shape index (κ2) is 92.5. The topological polar surface area (TPSA) is 57.5 Å². The standard InChI is InChI=1S/2C3H6O.2C3H5.O.Ti/c2*1-2-3-4;2*1-3-2;;/h2*2,4H,1,3H2;2*3H,1-2H2;;/q;;2*-1;;+2. The second-order valence-electron chi connectivity index (χ2n) is 1.52. The molecular formula is C12H22O3Ti. The zero-order valence-corrected chi connectivity index (χ0v) is 11.3. The van der Waals surface area contributed by atoms with Crippen molar-refractivity contribution in [1.29, 1.82) is 0 Å². The zero-order valence-electron chi connectivity index (χ0n) is 9.77. The van der Waals surface area contributed by atoms with Gasteiger partial charge < -0.3 is 10.2 Å². The maximum atomic E-state index is 8.25. The molecule has 0 atom stereocenters. The predicted molar refractivity (Wildman–Crippen MR) is 66.4 cm³/mol. The first-order valence-corrected chi connectivity index (χ1v) is 4.74. The van der Waals surface area contributed by atoms with Crippen LogP contribution in [0.2, 0.25) is 0 Å². The molecule has 0 aliphatic rings. The van der Waals surface area contributed by atoms with Crippen molar-refractivity contribution in [2.24, 2.45) is 0 Å². The van der Waals surface area contributed by atoms with Gasteiger partial charge in [-0.05, 0) is 0 Å². The minimum atomic E-state index is 0.0833. The molecule has 0 aromatic heterocycles. The summed E-state index contributed by atoms with van der Waals surface area (Å²) in [5.41, 5.74) is 0. The van der Waals surface area contributed by atoms with Gasteiger partial charge in [-0.2, -0.15) is 0 Å². The van der Waals surface area contributed by atoms with Gasteiger partial charge in [0.2, 0.25) is 0 Å². The summed E-state index contributed by atoms with van der Waals surface area (Å²) in [6.45, 7) is 19.6. The summed E-state index contributed by atoms with van der Waals surface area (Å²) >= 11 is 0.750. The van der Waals surface area contributed by atoms with Crippen molar-refractivity contribution in [3.05, 3.63) is 64.5 Å². The van der Waals surface area contributed by atoms with E-state index in [2.05, 4.69) is 40.2 Å². The first-order chi connectivity index (χ1) is 7.66. The number of allylic oxidation sites excluding steroid dienone is 2. The summed E-state index contributed by atoms with van der Waals surface area (Å²) in [6, 6.07) is 0. The van der Waals surface area contributed by atoms with Crippen LogP contribution in [0.5, 0.6) is 0 Å². The van der Waals surface area contributed by atoms with Crippen LogP contribution in [0.1, 0.15) is 0 Å². The van der Waals surface area contributed by atoms with Gasteiger partial charge in [0.15, 0.2) is 0 Å². The maximum absolute atomic E-state index is 8.25. The van der Waals surface area contributed by atoms with Crippen molar-refractivity contribution >= 4 is 0 Å². The van der Waals surface area contributed by atoms with Crippen LogP contribution in [0.3, 0.4) is 0 Å². The molecule has 0 spiro atoms. The summed E-state index contributed by atoms with van der Waals surface area (Å²) in [5.74, 6) is 0. The van der Waals surface area contributed by atoms with Crippen LogP contribution < -0.4 is 0 Å². The molecule has 16 heavy (non-hydrogen) atoms. The molecule has 0 radical (unpaired) electrons. The molecule has 0 fully saturated rings. The molecule has 0 aliphatic carbocycles. The van der Waals surface area contributed by atoms with E-state index in [0.29, 0.717) is 0 Å². The third-order valence-corrected chi connectivity index (χ3v) is 0.258. The van der Waals surface area contributed by atoms with Crippen molar-refractivity contribution < 1.29 is 33.9 Å². The normalized spacial score (nSPS) is 5.00. The number of aliphatic hydroxyl groups excluding tert-OH is 2. The van der Waals surface area contributed by atoms with Gasteiger partial charge in [-0.25, -0.2) is 39.2 Å². The Balaban J connectivity index is -0.0000000322. The van der Waals surface area contributed by atoms with Crippen LogP contribution >= 0.6 is 0 Å². The molecule has 3 nitrogen and oxygen atoms in total. The minimum absolute atomic E-state index is 0.0833. The molecule has 0 unspecified atom stereocenters. The van der Waals surface area contributed by atoms with E-state index in [1.54, 1.807) is 0 Å². The molecule has 0 heterocycles. The van der Waals surface area contributed by atoms with Gasteiger partial charge in [-0.15, -0.1) is 13.2 Å². The van der Waals surface area contributed by atoms with E-state index in [4.69, 9.17) is 13.5 Å². The van der Waals surface area contributed by atoms with Gasteiger partial charge in [-0.1, -0.05) is 12.2 Å². The molecule has 0 aliphatic heterocycles. The molecular weight excluding hydrogens is 240 g/mol. The van der Waals surface area contributed by atoms with E-state index in [0.717, 1.165) is 20.4 Å². The summed E-state index contributed by atoms with van der Waals surface area (Å²) < 4.78 is 8.25. The second-order valence-corrected chi connectivity index (χ2v) is 1.52. The van der Waals surface area contributed by atoms with Crippen LogP contribution in [0.15, 0.2) is 50.6 Å². The Morgan fingerprint density at radius 1 is 0.875 bits per heavy atom.